The summed E-state index contributed by atoms with van der Waals surface area (Å²) < 4.78 is 0. The van der Waals surface area contributed by atoms with Crippen molar-refractivity contribution >= 4 is 11.5 Å². The van der Waals surface area contributed by atoms with Crippen LogP contribution in [-0.4, -0.2) is 19.4 Å². The Bertz CT molecular complexity index is 365. The van der Waals surface area contributed by atoms with Gasteiger partial charge >= 0.3 is 0 Å². The zero-order chi connectivity index (χ0) is 11.4. The molecule has 0 heterocycles. The number of carbonyl (C=O) groups is 1. The molecule has 0 saturated carbocycles. The molecule has 0 atom stereocenters. The van der Waals surface area contributed by atoms with Crippen molar-refractivity contribution in [1.82, 2.24) is 0 Å². The Morgan fingerprint density at radius 2 is 1.87 bits per heavy atom. The van der Waals surface area contributed by atoms with Gasteiger partial charge in [-0.1, -0.05) is 6.58 Å². The van der Waals surface area contributed by atoms with Crippen molar-refractivity contribution in [3.05, 3.63) is 42.0 Å². The van der Waals surface area contributed by atoms with Gasteiger partial charge in [-0.15, -0.1) is 0 Å². The topological polar surface area (TPSA) is 20.3 Å². The molecule has 2 nitrogen and oxygen atoms in total. The summed E-state index contributed by atoms with van der Waals surface area (Å²) in [5.74, 6) is 0.0145. The van der Waals surface area contributed by atoms with Gasteiger partial charge in [0.15, 0.2) is 5.78 Å². The molecule has 0 amide bonds. The van der Waals surface area contributed by atoms with E-state index < -0.39 is 0 Å². The van der Waals surface area contributed by atoms with Crippen LogP contribution in [0.1, 0.15) is 24.2 Å². The van der Waals surface area contributed by atoms with Crippen LogP contribution in [0.25, 0.3) is 0 Å². The lowest BCUT2D eigenvalue weighted by Crippen LogP contribution is -2.15. The molecular formula is C13H17NO. The maximum absolute atomic E-state index is 11.6. The average molecular weight is 203 g/mol. The van der Waals surface area contributed by atoms with Crippen LogP contribution >= 0.6 is 0 Å². The van der Waals surface area contributed by atoms with Crippen molar-refractivity contribution in [3.8, 4) is 0 Å². The van der Waals surface area contributed by atoms with Gasteiger partial charge in [-0.05, 0) is 43.7 Å². The maximum atomic E-state index is 11.6. The van der Waals surface area contributed by atoms with Crippen LogP contribution in [0.5, 0.6) is 0 Å². The van der Waals surface area contributed by atoms with Gasteiger partial charge in [-0.3, -0.25) is 4.79 Å². The molecule has 15 heavy (non-hydrogen) atoms. The van der Waals surface area contributed by atoms with Crippen molar-refractivity contribution in [2.24, 2.45) is 0 Å². The van der Waals surface area contributed by atoms with Gasteiger partial charge in [0.25, 0.3) is 0 Å². The van der Waals surface area contributed by atoms with Crippen LogP contribution in [-0.2, 0) is 0 Å². The predicted molar refractivity (Wildman–Crippen MR) is 64.5 cm³/mol. The van der Waals surface area contributed by atoms with Crippen molar-refractivity contribution in [1.29, 1.82) is 0 Å². The van der Waals surface area contributed by atoms with Gasteiger partial charge in [0.2, 0.25) is 0 Å². The third-order valence-corrected chi connectivity index (χ3v) is 2.43. The van der Waals surface area contributed by atoms with Crippen molar-refractivity contribution < 1.29 is 4.79 Å². The Balaban J connectivity index is 2.90. The number of allylic oxidation sites excluding steroid dienone is 1. The number of rotatable bonds is 4. The van der Waals surface area contributed by atoms with Gasteiger partial charge in [-0.25, -0.2) is 0 Å². The second-order valence-electron chi connectivity index (χ2n) is 3.67. The SMILES string of the molecule is C=C(C)C(=O)c1ccc(N(C)CC)cc1. The third kappa shape index (κ3) is 2.69. The molecule has 0 aromatic heterocycles. The first kappa shape index (κ1) is 11.5. The number of Topliss-reactive ketones (excluding diaryl/α,β-unsaturated/α-hetero) is 1. The molecule has 0 radical (unpaired) electrons. The van der Waals surface area contributed by atoms with Crippen molar-refractivity contribution in [3.63, 3.8) is 0 Å². The molecule has 0 aliphatic heterocycles. The van der Waals surface area contributed by atoms with E-state index in [1.54, 1.807) is 6.92 Å². The first-order valence-corrected chi connectivity index (χ1v) is 5.07. The standard InChI is InChI=1S/C13H17NO/c1-5-14(4)12-8-6-11(7-9-12)13(15)10(2)3/h6-9H,2,5H2,1,3-4H3. The number of hydrogen-bond donors (Lipinski definition) is 0. The molecule has 0 spiro atoms. The fourth-order valence-electron chi connectivity index (χ4n) is 1.30. The van der Waals surface area contributed by atoms with E-state index in [1.807, 2.05) is 31.3 Å². The number of anilines is 1. The summed E-state index contributed by atoms with van der Waals surface area (Å²) >= 11 is 0. The van der Waals surface area contributed by atoms with Gasteiger partial charge in [0, 0.05) is 24.8 Å². The van der Waals surface area contributed by atoms with E-state index in [9.17, 15) is 4.79 Å². The molecule has 1 aromatic carbocycles. The van der Waals surface area contributed by atoms with Crippen LogP contribution in [0.3, 0.4) is 0 Å². The lowest BCUT2D eigenvalue weighted by Gasteiger charge is -2.16. The summed E-state index contributed by atoms with van der Waals surface area (Å²) in [7, 11) is 2.02. The lowest BCUT2D eigenvalue weighted by molar-refractivity contribution is 0.103. The maximum Gasteiger partial charge on any atom is 0.188 e. The van der Waals surface area contributed by atoms with E-state index in [0.717, 1.165) is 12.2 Å². The Kier molecular flexibility index (Phi) is 3.67. The molecule has 0 N–H and O–H groups in total. The smallest absolute Gasteiger partial charge is 0.188 e. The molecule has 80 valence electrons. The summed E-state index contributed by atoms with van der Waals surface area (Å²) in [6.45, 7) is 8.42. The molecule has 0 aliphatic carbocycles. The van der Waals surface area contributed by atoms with E-state index in [2.05, 4.69) is 18.4 Å². The van der Waals surface area contributed by atoms with E-state index in [1.165, 1.54) is 0 Å². The van der Waals surface area contributed by atoms with Gasteiger partial charge in [0.05, 0.1) is 0 Å². The quantitative estimate of drug-likeness (QED) is 0.554. The highest BCUT2D eigenvalue weighted by molar-refractivity contribution is 6.07. The van der Waals surface area contributed by atoms with E-state index in [0.29, 0.717) is 11.1 Å². The molecule has 0 fully saturated rings. The average Bonchev–Trinajstić information content (AvgIpc) is 2.27. The second kappa shape index (κ2) is 4.78. The predicted octanol–water partition coefficient (Wildman–Crippen LogP) is 2.90. The van der Waals surface area contributed by atoms with Crippen LogP contribution < -0.4 is 4.90 Å². The first-order chi connectivity index (χ1) is 7.06. The van der Waals surface area contributed by atoms with E-state index in [4.69, 9.17) is 0 Å². The zero-order valence-electron chi connectivity index (χ0n) is 9.58. The van der Waals surface area contributed by atoms with Gasteiger partial charge in [0.1, 0.15) is 0 Å². The highest BCUT2D eigenvalue weighted by Gasteiger charge is 2.06. The van der Waals surface area contributed by atoms with Crippen molar-refractivity contribution in [2.75, 3.05) is 18.5 Å². The summed E-state index contributed by atoms with van der Waals surface area (Å²) in [6, 6.07) is 7.61. The van der Waals surface area contributed by atoms with Gasteiger partial charge in [-0.2, -0.15) is 0 Å². The summed E-state index contributed by atoms with van der Waals surface area (Å²) in [5.41, 5.74) is 2.40. The molecule has 1 aromatic rings. The Labute approximate surface area is 91.2 Å². The van der Waals surface area contributed by atoms with E-state index >= 15 is 0 Å². The molecule has 2 heteroatoms. The van der Waals surface area contributed by atoms with Crippen LogP contribution in [0.2, 0.25) is 0 Å². The summed E-state index contributed by atoms with van der Waals surface area (Å²) in [6.07, 6.45) is 0. The molecule has 1 rings (SSSR count). The fraction of sp³-hybridized carbons (Fsp3) is 0.308. The highest BCUT2D eigenvalue weighted by atomic mass is 16.1. The Morgan fingerprint density at radius 3 is 2.27 bits per heavy atom. The number of carbonyl (C=O) groups excluding carboxylic acids is 1. The Hall–Kier alpha value is -1.57. The highest BCUT2D eigenvalue weighted by Crippen LogP contribution is 2.15. The summed E-state index contributed by atoms with van der Waals surface area (Å²) in [4.78, 5) is 13.7. The molecule has 0 saturated heterocycles. The zero-order valence-corrected chi connectivity index (χ0v) is 9.58. The molecule has 0 aliphatic rings. The van der Waals surface area contributed by atoms with Crippen molar-refractivity contribution in [2.45, 2.75) is 13.8 Å². The van der Waals surface area contributed by atoms with Gasteiger partial charge < -0.3 is 4.90 Å². The molecular weight excluding hydrogens is 186 g/mol. The normalized spacial score (nSPS) is 9.80. The lowest BCUT2D eigenvalue weighted by atomic mass is 10.1. The van der Waals surface area contributed by atoms with E-state index in [-0.39, 0.29) is 5.78 Å². The minimum atomic E-state index is 0.0145. The summed E-state index contributed by atoms with van der Waals surface area (Å²) in [5, 5.41) is 0. The number of benzene rings is 1. The monoisotopic (exact) mass is 203 g/mol. The van der Waals surface area contributed by atoms with Crippen LogP contribution in [0.4, 0.5) is 5.69 Å². The minimum absolute atomic E-state index is 0.0145. The second-order valence-corrected chi connectivity index (χ2v) is 3.67. The van der Waals surface area contributed by atoms with Crippen LogP contribution in [0.15, 0.2) is 36.4 Å². The first-order valence-electron chi connectivity index (χ1n) is 5.07. The van der Waals surface area contributed by atoms with Crippen LogP contribution in [0, 0.1) is 0 Å². The number of hydrogen-bond acceptors (Lipinski definition) is 2. The molecule has 0 bridgehead atoms. The fourth-order valence-corrected chi connectivity index (χ4v) is 1.30. The largest absolute Gasteiger partial charge is 0.375 e. The number of nitrogens with zero attached hydrogens (tertiary/aromatic N) is 1. The minimum Gasteiger partial charge on any atom is -0.375 e. The molecule has 0 unspecified atom stereocenters. The Morgan fingerprint density at radius 1 is 1.33 bits per heavy atom. The third-order valence-electron chi connectivity index (χ3n) is 2.43. The number of ketones is 1.